The van der Waals surface area contributed by atoms with Crippen LogP contribution in [-0.2, 0) is 0 Å². The molecule has 2 rings (SSSR count). The van der Waals surface area contributed by atoms with Gasteiger partial charge in [-0.15, -0.1) is 0 Å². The molecule has 0 bridgehead atoms. The Morgan fingerprint density at radius 3 is 2.79 bits per heavy atom. The van der Waals surface area contributed by atoms with Gasteiger partial charge in [0.2, 0.25) is 0 Å². The molecule has 0 spiro atoms. The van der Waals surface area contributed by atoms with Crippen molar-refractivity contribution in [2.75, 3.05) is 5.73 Å². The molecule has 0 radical (unpaired) electrons. The van der Waals surface area contributed by atoms with Crippen LogP contribution < -0.4 is 15.9 Å². The molecular weight excluding hydrogens is 245 g/mol. The zero-order chi connectivity index (χ0) is 13.8. The summed E-state index contributed by atoms with van der Waals surface area (Å²) in [6, 6.07) is 5.15. The van der Waals surface area contributed by atoms with Gasteiger partial charge in [0.15, 0.2) is 11.6 Å². The molecule has 1 atom stereocenters. The van der Waals surface area contributed by atoms with Crippen molar-refractivity contribution in [3.8, 4) is 5.75 Å². The Balaban J connectivity index is 2.21. The molecule has 0 aliphatic carbocycles. The van der Waals surface area contributed by atoms with Crippen LogP contribution in [0.25, 0.3) is 0 Å². The first-order valence-electron chi connectivity index (χ1n) is 5.76. The molecule has 0 saturated heterocycles. The van der Waals surface area contributed by atoms with Crippen LogP contribution in [-0.4, -0.2) is 27.1 Å². The summed E-state index contributed by atoms with van der Waals surface area (Å²) in [6.45, 7) is 1.85. The molecule has 4 N–H and O–H groups in total. The molecule has 0 aromatic carbocycles. The molecule has 6 nitrogen and oxygen atoms in total. The molecule has 0 fully saturated rings. The summed E-state index contributed by atoms with van der Waals surface area (Å²) in [5.74, 6) is 0.502. The van der Waals surface area contributed by atoms with Gasteiger partial charge < -0.3 is 20.5 Å². The minimum atomic E-state index is -1.61. The van der Waals surface area contributed by atoms with Crippen molar-refractivity contribution in [3.05, 3.63) is 42.4 Å². The van der Waals surface area contributed by atoms with Gasteiger partial charge >= 0.3 is 7.12 Å². The Morgan fingerprint density at radius 1 is 1.37 bits per heavy atom. The van der Waals surface area contributed by atoms with E-state index in [9.17, 15) is 0 Å². The van der Waals surface area contributed by atoms with E-state index in [1.807, 2.05) is 19.1 Å². The Morgan fingerprint density at radius 2 is 2.16 bits per heavy atom. The van der Waals surface area contributed by atoms with Crippen LogP contribution in [0, 0.1) is 0 Å². The van der Waals surface area contributed by atoms with Gasteiger partial charge in [-0.05, 0) is 19.1 Å². The number of hydrogen-bond acceptors (Lipinski definition) is 6. The maximum atomic E-state index is 9.10. The van der Waals surface area contributed by atoms with Crippen LogP contribution in [0.5, 0.6) is 5.75 Å². The van der Waals surface area contributed by atoms with Crippen molar-refractivity contribution in [3.63, 3.8) is 0 Å². The molecule has 0 aliphatic heterocycles. The summed E-state index contributed by atoms with van der Waals surface area (Å²) in [7, 11) is -1.61. The molecule has 0 amide bonds. The van der Waals surface area contributed by atoms with Crippen LogP contribution in [0.1, 0.15) is 18.6 Å². The van der Waals surface area contributed by atoms with Crippen LogP contribution in [0.3, 0.4) is 0 Å². The number of pyridine rings is 2. The predicted octanol–water partition coefficient (Wildman–Crippen LogP) is -0.121. The quantitative estimate of drug-likeness (QED) is 0.661. The Kier molecular flexibility index (Phi) is 3.98. The van der Waals surface area contributed by atoms with Gasteiger partial charge in [-0.2, -0.15) is 0 Å². The van der Waals surface area contributed by atoms with Crippen molar-refractivity contribution in [2.24, 2.45) is 0 Å². The molecular formula is C12H14BN3O3. The standard InChI is InChI=1S/C12H14BN3O3/c1-8(9-3-2-4-15-6-9)19-11-5-10(13(17)18)7-16-12(11)14/h2-8,17-18H,1H3,(H2,14,16)/t8-/m0/s1. The van der Waals surface area contributed by atoms with Gasteiger partial charge in [0.25, 0.3) is 0 Å². The highest BCUT2D eigenvalue weighted by Gasteiger charge is 2.16. The lowest BCUT2D eigenvalue weighted by atomic mass is 9.81. The SMILES string of the molecule is C[C@H](Oc1cc(B(O)O)cnc1N)c1cccnc1. The topological polar surface area (TPSA) is 101 Å². The van der Waals surface area contributed by atoms with Crippen molar-refractivity contribution in [1.29, 1.82) is 0 Å². The molecule has 2 aromatic heterocycles. The summed E-state index contributed by atoms with van der Waals surface area (Å²) in [4.78, 5) is 7.87. The van der Waals surface area contributed by atoms with Crippen LogP contribution >= 0.6 is 0 Å². The first-order valence-corrected chi connectivity index (χ1v) is 5.76. The van der Waals surface area contributed by atoms with E-state index in [1.54, 1.807) is 12.4 Å². The third-order valence-electron chi connectivity index (χ3n) is 2.66. The highest BCUT2D eigenvalue weighted by atomic mass is 16.5. The van der Waals surface area contributed by atoms with E-state index in [4.69, 9.17) is 20.5 Å². The summed E-state index contributed by atoms with van der Waals surface area (Å²) in [6.07, 6.45) is 4.39. The Hall–Kier alpha value is -2.12. The minimum Gasteiger partial charge on any atom is -0.482 e. The second kappa shape index (κ2) is 5.68. The first-order chi connectivity index (χ1) is 9.08. The molecule has 2 heterocycles. The molecule has 19 heavy (non-hydrogen) atoms. The lowest BCUT2D eigenvalue weighted by molar-refractivity contribution is 0.227. The maximum absolute atomic E-state index is 9.10. The number of nitrogens with zero attached hydrogens (tertiary/aromatic N) is 2. The summed E-state index contributed by atoms with van der Waals surface area (Å²) in [5, 5.41) is 18.2. The molecule has 0 unspecified atom stereocenters. The molecule has 0 saturated carbocycles. The Labute approximate surface area is 111 Å². The normalized spacial score (nSPS) is 11.9. The van der Waals surface area contributed by atoms with Crippen molar-refractivity contribution in [2.45, 2.75) is 13.0 Å². The third kappa shape index (κ3) is 3.21. The van der Waals surface area contributed by atoms with Crippen LogP contribution in [0.4, 0.5) is 5.82 Å². The van der Waals surface area contributed by atoms with Gasteiger partial charge in [0.1, 0.15) is 6.10 Å². The van der Waals surface area contributed by atoms with Gasteiger partial charge in [-0.25, -0.2) is 4.98 Å². The van der Waals surface area contributed by atoms with Crippen molar-refractivity contribution < 1.29 is 14.8 Å². The van der Waals surface area contributed by atoms with Crippen LogP contribution in [0.2, 0.25) is 0 Å². The van der Waals surface area contributed by atoms with Gasteiger partial charge in [-0.3, -0.25) is 4.98 Å². The molecule has 2 aromatic rings. The number of ether oxygens (including phenoxy) is 1. The monoisotopic (exact) mass is 259 g/mol. The largest absolute Gasteiger partial charge is 0.490 e. The fourth-order valence-corrected chi connectivity index (χ4v) is 1.58. The second-order valence-corrected chi connectivity index (χ2v) is 4.07. The second-order valence-electron chi connectivity index (χ2n) is 4.07. The summed E-state index contributed by atoms with van der Waals surface area (Å²) in [5.41, 5.74) is 6.81. The van der Waals surface area contributed by atoms with Gasteiger partial charge in [0.05, 0.1) is 0 Å². The van der Waals surface area contributed by atoms with E-state index in [0.717, 1.165) is 5.56 Å². The van der Waals surface area contributed by atoms with E-state index in [0.29, 0.717) is 5.75 Å². The highest BCUT2D eigenvalue weighted by molar-refractivity contribution is 6.58. The lowest BCUT2D eigenvalue weighted by Crippen LogP contribution is -2.30. The molecule has 0 aliphatic rings. The number of anilines is 1. The minimum absolute atomic E-state index is 0.195. The third-order valence-corrected chi connectivity index (χ3v) is 2.66. The van der Waals surface area contributed by atoms with Crippen LogP contribution in [0.15, 0.2) is 36.8 Å². The average molecular weight is 259 g/mol. The summed E-state index contributed by atoms with van der Waals surface area (Å²) >= 11 is 0. The van der Waals surface area contributed by atoms with Crippen molar-refractivity contribution in [1.82, 2.24) is 9.97 Å². The Bertz CT molecular complexity index is 551. The number of nitrogen functional groups attached to an aromatic ring is 1. The van der Waals surface area contributed by atoms with E-state index >= 15 is 0 Å². The number of nitrogens with two attached hydrogens (primary N) is 1. The van der Waals surface area contributed by atoms with Gasteiger partial charge in [0, 0.05) is 29.6 Å². The fourth-order valence-electron chi connectivity index (χ4n) is 1.58. The maximum Gasteiger partial charge on any atom is 0.490 e. The van der Waals surface area contributed by atoms with E-state index < -0.39 is 7.12 Å². The predicted molar refractivity (Wildman–Crippen MR) is 71.8 cm³/mol. The number of aromatic nitrogens is 2. The van der Waals surface area contributed by atoms with E-state index in [-0.39, 0.29) is 17.4 Å². The van der Waals surface area contributed by atoms with E-state index in [1.165, 1.54) is 12.3 Å². The van der Waals surface area contributed by atoms with Crippen molar-refractivity contribution >= 4 is 18.4 Å². The smallest absolute Gasteiger partial charge is 0.482 e. The average Bonchev–Trinajstić information content (AvgIpc) is 2.42. The molecule has 98 valence electrons. The zero-order valence-corrected chi connectivity index (χ0v) is 10.4. The zero-order valence-electron chi connectivity index (χ0n) is 10.4. The molecule has 7 heteroatoms. The summed E-state index contributed by atoms with van der Waals surface area (Å²) < 4.78 is 5.67. The number of hydrogen-bond donors (Lipinski definition) is 3. The lowest BCUT2D eigenvalue weighted by Gasteiger charge is -2.16. The van der Waals surface area contributed by atoms with Gasteiger partial charge in [-0.1, -0.05) is 6.07 Å². The number of rotatable bonds is 4. The fraction of sp³-hybridized carbons (Fsp3) is 0.167. The first kappa shape index (κ1) is 13.3. The van der Waals surface area contributed by atoms with E-state index in [2.05, 4.69) is 9.97 Å². The highest BCUT2D eigenvalue weighted by Crippen LogP contribution is 2.24.